The normalized spacial score (nSPS) is 12.8. The molecule has 0 amide bonds. The van der Waals surface area contributed by atoms with E-state index in [1.54, 1.807) is 11.3 Å². The molecular weight excluding hydrogens is 316 g/mol. The molecule has 0 nitrogen and oxygen atoms in total. The summed E-state index contributed by atoms with van der Waals surface area (Å²) < 4.78 is 0. The van der Waals surface area contributed by atoms with Crippen molar-refractivity contribution in [1.82, 2.24) is 0 Å². The Morgan fingerprint density at radius 2 is 1.96 bits per heavy atom. The van der Waals surface area contributed by atoms with Crippen LogP contribution in [0.2, 0.25) is 0 Å². The molecule has 0 N–H and O–H groups in total. The van der Waals surface area contributed by atoms with Gasteiger partial charge in [-0.2, -0.15) is 0 Å². The lowest BCUT2D eigenvalue weighted by Gasteiger charge is -2.03. The summed E-state index contributed by atoms with van der Waals surface area (Å²) in [4.78, 5) is 2.07. The van der Waals surface area contributed by atoms with E-state index in [0.717, 1.165) is 20.9 Å². The van der Waals surface area contributed by atoms with Crippen molar-refractivity contribution in [3.05, 3.63) is 81.4 Å². The molecule has 0 aliphatic carbocycles. The fourth-order valence-electron chi connectivity index (χ4n) is 2.42. The maximum atomic E-state index is 4.27. The standard InChI is InChI=1S/C21H18S2/c1-14(16(3)22)6-7-17-12-20-13-19(21-5-4-10-23-21)9-8-18(20)11-15(17)2/h4-13,22H,2-3H2,1H3/b14-6+,17-7-. The highest BCUT2D eigenvalue weighted by Crippen LogP contribution is 2.27. The zero-order valence-electron chi connectivity index (χ0n) is 13.0. The molecule has 1 heterocycles. The quantitative estimate of drug-likeness (QED) is 0.497. The Labute approximate surface area is 146 Å². The molecule has 0 radical (unpaired) electrons. The molecule has 2 heteroatoms. The van der Waals surface area contributed by atoms with Crippen molar-refractivity contribution in [3.8, 4) is 10.4 Å². The molecule has 114 valence electrons. The minimum Gasteiger partial charge on any atom is -0.144 e. The number of thiol groups is 1. The summed E-state index contributed by atoms with van der Waals surface area (Å²) in [5, 5.41) is 6.69. The molecule has 0 unspecified atom stereocenters. The van der Waals surface area contributed by atoms with E-state index in [9.17, 15) is 0 Å². The molecule has 3 aromatic rings. The molecule has 3 rings (SSSR count). The van der Waals surface area contributed by atoms with Gasteiger partial charge >= 0.3 is 0 Å². The highest BCUT2D eigenvalue weighted by atomic mass is 32.1. The Bertz CT molecular complexity index is 1010. The first-order valence-electron chi connectivity index (χ1n) is 7.38. The van der Waals surface area contributed by atoms with Crippen molar-refractivity contribution in [1.29, 1.82) is 0 Å². The van der Waals surface area contributed by atoms with Crippen LogP contribution in [0, 0.1) is 0 Å². The SMILES string of the molecule is C=C(S)/C(C)=C/C=c1/cc2cc(-c3cccs3)ccc2cc1=C. The van der Waals surface area contributed by atoms with Gasteiger partial charge in [-0.15, -0.1) is 24.0 Å². The van der Waals surface area contributed by atoms with Crippen molar-refractivity contribution in [2.24, 2.45) is 0 Å². The van der Waals surface area contributed by atoms with E-state index in [1.807, 2.05) is 13.0 Å². The van der Waals surface area contributed by atoms with Gasteiger partial charge in [-0.25, -0.2) is 0 Å². The largest absolute Gasteiger partial charge is 0.144 e. The molecule has 0 fully saturated rings. The molecule has 1 aromatic heterocycles. The molecule has 0 spiro atoms. The van der Waals surface area contributed by atoms with Gasteiger partial charge in [-0.1, -0.05) is 43.5 Å². The number of hydrogen-bond donors (Lipinski definition) is 1. The molecule has 0 aliphatic rings. The van der Waals surface area contributed by atoms with E-state index in [0.29, 0.717) is 0 Å². The highest BCUT2D eigenvalue weighted by Gasteiger charge is 2.01. The minimum atomic E-state index is 0.785. The summed E-state index contributed by atoms with van der Waals surface area (Å²) in [7, 11) is 0. The zero-order valence-corrected chi connectivity index (χ0v) is 14.8. The van der Waals surface area contributed by atoms with Gasteiger partial charge in [-0.3, -0.25) is 0 Å². The van der Waals surface area contributed by atoms with Crippen LogP contribution in [0.4, 0.5) is 0 Å². The number of benzene rings is 2. The topological polar surface area (TPSA) is 0 Å². The van der Waals surface area contributed by atoms with E-state index >= 15 is 0 Å². The third-order valence-electron chi connectivity index (χ3n) is 3.87. The smallest absolute Gasteiger partial charge is 0.0342 e. The maximum absolute atomic E-state index is 4.27. The first kappa shape index (κ1) is 15.9. The summed E-state index contributed by atoms with van der Waals surface area (Å²) in [6.07, 6.45) is 4.12. The van der Waals surface area contributed by atoms with Gasteiger partial charge in [0.2, 0.25) is 0 Å². The summed E-state index contributed by atoms with van der Waals surface area (Å²) >= 11 is 6.04. The first-order valence-corrected chi connectivity index (χ1v) is 8.71. The van der Waals surface area contributed by atoms with Crippen LogP contribution in [0.5, 0.6) is 0 Å². The van der Waals surface area contributed by atoms with Crippen molar-refractivity contribution < 1.29 is 0 Å². The summed E-state index contributed by atoms with van der Waals surface area (Å²) in [5.74, 6) is 0. The average molecular weight is 335 g/mol. The van der Waals surface area contributed by atoms with Crippen molar-refractivity contribution in [2.45, 2.75) is 6.92 Å². The van der Waals surface area contributed by atoms with E-state index in [2.05, 4.69) is 79.7 Å². The van der Waals surface area contributed by atoms with Crippen LogP contribution in [-0.2, 0) is 0 Å². The second-order valence-electron chi connectivity index (χ2n) is 5.55. The zero-order chi connectivity index (χ0) is 16.4. The second kappa shape index (κ2) is 6.61. The van der Waals surface area contributed by atoms with E-state index in [1.165, 1.54) is 21.2 Å². The maximum Gasteiger partial charge on any atom is 0.0342 e. The summed E-state index contributed by atoms with van der Waals surface area (Å²) in [5.41, 5.74) is 2.31. The van der Waals surface area contributed by atoms with Gasteiger partial charge in [0.05, 0.1) is 0 Å². The number of rotatable bonds is 3. The average Bonchev–Trinajstić information content (AvgIpc) is 3.06. The van der Waals surface area contributed by atoms with Gasteiger partial charge in [0.1, 0.15) is 0 Å². The Morgan fingerprint density at radius 3 is 2.65 bits per heavy atom. The van der Waals surface area contributed by atoms with E-state index < -0.39 is 0 Å². The number of allylic oxidation sites excluding steroid dienone is 2. The first-order chi connectivity index (χ1) is 11.0. The molecule has 23 heavy (non-hydrogen) atoms. The minimum absolute atomic E-state index is 0.785. The Balaban J connectivity index is 2.15. The van der Waals surface area contributed by atoms with Gasteiger partial charge in [0.25, 0.3) is 0 Å². The molecule has 0 aliphatic heterocycles. The molecule has 0 bridgehead atoms. The molecule has 0 saturated carbocycles. The van der Waals surface area contributed by atoms with Crippen LogP contribution in [-0.4, -0.2) is 0 Å². The predicted molar refractivity (Wildman–Crippen MR) is 108 cm³/mol. The third kappa shape index (κ3) is 3.49. The van der Waals surface area contributed by atoms with Crippen LogP contribution in [0.15, 0.2) is 71.0 Å². The molecule has 2 aromatic carbocycles. The number of hydrogen-bond acceptors (Lipinski definition) is 2. The molecule has 0 saturated heterocycles. The lowest BCUT2D eigenvalue weighted by atomic mass is 10.0. The van der Waals surface area contributed by atoms with Crippen LogP contribution in [0.25, 0.3) is 33.9 Å². The van der Waals surface area contributed by atoms with Crippen molar-refractivity contribution in [2.75, 3.05) is 0 Å². The van der Waals surface area contributed by atoms with Crippen LogP contribution in [0.3, 0.4) is 0 Å². The lowest BCUT2D eigenvalue weighted by molar-refractivity contribution is 1.51. The van der Waals surface area contributed by atoms with Crippen LogP contribution < -0.4 is 10.4 Å². The number of thiophene rings is 1. The van der Waals surface area contributed by atoms with E-state index in [-0.39, 0.29) is 0 Å². The van der Waals surface area contributed by atoms with Gasteiger partial charge in [0.15, 0.2) is 0 Å². The van der Waals surface area contributed by atoms with Crippen LogP contribution in [0.1, 0.15) is 6.92 Å². The Morgan fingerprint density at radius 1 is 1.13 bits per heavy atom. The van der Waals surface area contributed by atoms with Gasteiger partial charge in [-0.05, 0) is 73.8 Å². The molecular formula is C21H18S2. The van der Waals surface area contributed by atoms with Crippen molar-refractivity contribution in [3.63, 3.8) is 0 Å². The molecule has 0 atom stereocenters. The Kier molecular flexibility index (Phi) is 4.56. The van der Waals surface area contributed by atoms with Crippen molar-refractivity contribution >= 4 is 47.4 Å². The lowest BCUT2D eigenvalue weighted by Crippen LogP contribution is -2.22. The monoisotopic (exact) mass is 334 g/mol. The van der Waals surface area contributed by atoms with E-state index in [4.69, 9.17) is 0 Å². The predicted octanol–water partition coefficient (Wildman–Crippen LogP) is 5.15. The highest BCUT2D eigenvalue weighted by molar-refractivity contribution is 7.84. The fourth-order valence-corrected chi connectivity index (χ4v) is 3.22. The summed E-state index contributed by atoms with van der Waals surface area (Å²) in [6.45, 7) is 10.0. The summed E-state index contributed by atoms with van der Waals surface area (Å²) in [6, 6.07) is 15.1. The fraction of sp³-hybridized carbons (Fsp3) is 0.0476. The van der Waals surface area contributed by atoms with Crippen LogP contribution >= 0.6 is 24.0 Å². The number of fused-ring (bicyclic) bond motifs is 1. The van der Waals surface area contributed by atoms with Gasteiger partial charge < -0.3 is 0 Å². The second-order valence-corrected chi connectivity index (χ2v) is 7.04. The van der Waals surface area contributed by atoms with Gasteiger partial charge in [0, 0.05) is 4.88 Å². The third-order valence-corrected chi connectivity index (χ3v) is 5.14. The Hall–Kier alpha value is -2.03.